The summed E-state index contributed by atoms with van der Waals surface area (Å²) in [5.41, 5.74) is 2.07. The molecule has 1 atom stereocenters. The highest BCUT2D eigenvalue weighted by Crippen LogP contribution is 2.20. The van der Waals surface area contributed by atoms with Crippen molar-refractivity contribution < 1.29 is 9.84 Å². The Balaban J connectivity index is 2.75. The summed E-state index contributed by atoms with van der Waals surface area (Å²) < 4.78 is 5.22. The number of ether oxygens (including phenoxy) is 1. The third-order valence-electron chi connectivity index (χ3n) is 2.40. The molecule has 0 fully saturated rings. The standard InChI is InChI=1S/C13H17NO2/c1-10(2)11-3-5-12(6-4-11)13(9-14)16-8-7-15/h3-6,10,13,15H,7-8H2,1-2H3. The Hall–Kier alpha value is -1.37. The predicted molar refractivity (Wildman–Crippen MR) is 61.9 cm³/mol. The van der Waals surface area contributed by atoms with Crippen LogP contribution >= 0.6 is 0 Å². The van der Waals surface area contributed by atoms with Crippen LogP contribution in [0, 0.1) is 11.3 Å². The molecule has 3 heteroatoms. The van der Waals surface area contributed by atoms with E-state index in [4.69, 9.17) is 15.1 Å². The first-order valence-corrected chi connectivity index (χ1v) is 5.41. The highest BCUT2D eigenvalue weighted by atomic mass is 16.5. The zero-order chi connectivity index (χ0) is 12.0. The Morgan fingerprint density at radius 3 is 2.25 bits per heavy atom. The van der Waals surface area contributed by atoms with Crippen LogP contribution in [0.4, 0.5) is 0 Å². The first kappa shape index (κ1) is 12.7. The second kappa shape index (κ2) is 6.26. The van der Waals surface area contributed by atoms with Gasteiger partial charge in [-0.05, 0) is 17.0 Å². The van der Waals surface area contributed by atoms with E-state index in [0.29, 0.717) is 5.92 Å². The van der Waals surface area contributed by atoms with Crippen LogP contribution in [0.3, 0.4) is 0 Å². The molecule has 0 spiro atoms. The van der Waals surface area contributed by atoms with Crippen LogP contribution in [0.5, 0.6) is 0 Å². The van der Waals surface area contributed by atoms with Crippen LogP contribution in [0.25, 0.3) is 0 Å². The average molecular weight is 219 g/mol. The Morgan fingerprint density at radius 1 is 1.25 bits per heavy atom. The van der Waals surface area contributed by atoms with Gasteiger partial charge in [0.2, 0.25) is 0 Å². The molecule has 0 aliphatic carbocycles. The van der Waals surface area contributed by atoms with Crippen LogP contribution < -0.4 is 0 Å². The van der Waals surface area contributed by atoms with Gasteiger partial charge in [-0.3, -0.25) is 0 Å². The van der Waals surface area contributed by atoms with Crippen molar-refractivity contribution >= 4 is 0 Å². The molecule has 86 valence electrons. The SMILES string of the molecule is CC(C)c1ccc(C(C#N)OCCO)cc1. The number of hydrogen-bond acceptors (Lipinski definition) is 3. The van der Waals surface area contributed by atoms with E-state index in [1.165, 1.54) is 5.56 Å². The molecule has 0 aliphatic rings. The van der Waals surface area contributed by atoms with Crippen LogP contribution in [-0.4, -0.2) is 18.3 Å². The van der Waals surface area contributed by atoms with Crippen LogP contribution in [-0.2, 0) is 4.74 Å². The molecule has 0 aliphatic heterocycles. The van der Waals surface area contributed by atoms with Crippen molar-refractivity contribution in [1.82, 2.24) is 0 Å². The number of aliphatic hydroxyl groups is 1. The molecule has 0 aromatic heterocycles. The average Bonchev–Trinajstić information content (AvgIpc) is 2.30. The maximum Gasteiger partial charge on any atom is 0.169 e. The fourth-order valence-corrected chi connectivity index (χ4v) is 1.43. The molecule has 1 unspecified atom stereocenters. The van der Waals surface area contributed by atoms with Gasteiger partial charge in [-0.2, -0.15) is 5.26 Å². The summed E-state index contributed by atoms with van der Waals surface area (Å²) in [6.45, 7) is 4.37. The van der Waals surface area contributed by atoms with E-state index in [-0.39, 0.29) is 13.2 Å². The molecule has 0 saturated carbocycles. The smallest absolute Gasteiger partial charge is 0.169 e. The van der Waals surface area contributed by atoms with Crippen molar-refractivity contribution in [2.24, 2.45) is 0 Å². The second-order valence-electron chi connectivity index (χ2n) is 3.92. The Bertz CT molecular complexity index is 351. The van der Waals surface area contributed by atoms with Gasteiger partial charge < -0.3 is 9.84 Å². The van der Waals surface area contributed by atoms with Gasteiger partial charge in [-0.25, -0.2) is 0 Å². The number of aliphatic hydroxyl groups excluding tert-OH is 1. The molecule has 0 amide bonds. The Kier molecular flexibility index (Phi) is 4.97. The predicted octanol–water partition coefficient (Wildman–Crippen LogP) is 2.38. The maximum atomic E-state index is 8.93. The van der Waals surface area contributed by atoms with E-state index in [9.17, 15) is 0 Å². The minimum absolute atomic E-state index is 0.0672. The van der Waals surface area contributed by atoms with Crippen molar-refractivity contribution in [3.8, 4) is 6.07 Å². The molecule has 1 N–H and O–H groups in total. The highest BCUT2D eigenvalue weighted by Gasteiger charge is 2.10. The molecule has 1 rings (SSSR count). The van der Waals surface area contributed by atoms with Crippen LogP contribution in [0.1, 0.15) is 37.0 Å². The second-order valence-corrected chi connectivity index (χ2v) is 3.92. The van der Waals surface area contributed by atoms with Crippen molar-refractivity contribution in [2.75, 3.05) is 13.2 Å². The van der Waals surface area contributed by atoms with E-state index >= 15 is 0 Å². The third kappa shape index (κ3) is 3.34. The van der Waals surface area contributed by atoms with Gasteiger partial charge in [0.15, 0.2) is 6.10 Å². The first-order chi connectivity index (χ1) is 7.69. The summed E-state index contributed by atoms with van der Waals surface area (Å²) in [4.78, 5) is 0. The quantitative estimate of drug-likeness (QED) is 0.827. The summed E-state index contributed by atoms with van der Waals surface area (Å²) in [7, 11) is 0. The molecule has 3 nitrogen and oxygen atoms in total. The molecule has 1 aromatic carbocycles. The summed E-state index contributed by atoms with van der Waals surface area (Å²) in [5.74, 6) is 0.480. The van der Waals surface area contributed by atoms with E-state index in [1.807, 2.05) is 24.3 Å². The van der Waals surface area contributed by atoms with Crippen molar-refractivity contribution in [2.45, 2.75) is 25.9 Å². The fourth-order valence-electron chi connectivity index (χ4n) is 1.43. The van der Waals surface area contributed by atoms with Gasteiger partial charge in [0.1, 0.15) is 0 Å². The number of benzene rings is 1. The lowest BCUT2D eigenvalue weighted by molar-refractivity contribution is 0.0581. The summed E-state index contributed by atoms with van der Waals surface area (Å²) in [6.07, 6.45) is -0.589. The van der Waals surface area contributed by atoms with E-state index in [0.717, 1.165) is 5.56 Å². The minimum atomic E-state index is -0.589. The zero-order valence-electron chi connectivity index (χ0n) is 9.68. The number of nitrogens with zero attached hydrogens (tertiary/aromatic N) is 1. The van der Waals surface area contributed by atoms with Crippen molar-refractivity contribution in [3.63, 3.8) is 0 Å². The topological polar surface area (TPSA) is 53.2 Å². The van der Waals surface area contributed by atoms with Gasteiger partial charge in [-0.15, -0.1) is 0 Å². The monoisotopic (exact) mass is 219 g/mol. The molecule has 0 heterocycles. The van der Waals surface area contributed by atoms with Gasteiger partial charge in [0, 0.05) is 0 Å². The number of hydrogen-bond donors (Lipinski definition) is 1. The largest absolute Gasteiger partial charge is 0.394 e. The molecule has 0 bridgehead atoms. The minimum Gasteiger partial charge on any atom is -0.394 e. The first-order valence-electron chi connectivity index (χ1n) is 5.41. The van der Waals surface area contributed by atoms with Crippen molar-refractivity contribution in [3.05, 3.63) is 35.4 Å². The number of nitriles is 1. The van der Waals surface area contributed by atoms with Gasteiger partial charge >= 0.3 is 0 Å². The Morgan fingerprint density at radius 2 is 1.81 bits per heavy atom. The molecule has 1 aromatic rings. The third-order valence-corrected chi connectivity index (χ3v) is 2.40. The zero-order valence-corrected chi connectivity index (χ0v) is 9.68. The summed E-state index contributed by atoms with van der Waals surface area (Å²) >= 11 is 0. The van der Waals surface area contributed by atoms with E-state index in [2.05, 4.69) is 19.9 Å². The van der Waals surface area contributed by atoms with Crippen molar-refractivity contribution in [1.29, 1.82) is 5.26 Å². The summed E-state index contributed by atoms with van der Waals surface area (Å²) in [5, 5.41) is 17.6. The molecular formula is C13H17NO2. The molecule has 0 saturated heterocycles. The van der Waals surface area contributed by atoms with Gasteiger partial charge in [0.25, 0.3) is 0 Å². The molecular weight excluding hydrogens is 202 g/mol. The van der Waals surface area contributed by atoms with E-state index < -0.39 is 6.10 Å². The van der Waals surface area contributed by atoms with E-state index in [1.54, 1.807) is 0 Å². The summed E-state index contributed by atoms with van der Waals surface area (Å²) in [6, 6.07) is 9.89. The molecule has 16 heavy (non-hydrogen) atoms. The molecule has 0 radical (unpaired) electrons. The lowest BCUT2D eigenvalue weighted by Crippen LogP contribution is -2.06. The normalized spacial score (nSPS) is 12.4. The lowest BCUT2D eigenvalue weighted by atomic mass is 10.0. The Labute approximate surface area is 96.3 Å². The maximum absolute atomic E-state index is 8.93. The van der Waals surface area contributed by atoms with Gasteiger partial charge in [-0.1, -0.05) is 38.1 Å². The van der Waals surface area contributed by atoms with Crippen LogP contribution in [0.2, 0.25) is 0 Å². The fraction of sp³-hybridized carbons (Fsp3) is 0.462. The van der Waals surface area contributed by atoms with Gasteiger partial charge in [0.05, 0.1) is 19.3 Å². The van der Waals surface area contributed by atoms with Crippen LogP contribution in [0.15, 0.2) is 24.3 Å². The highest BCUT2D eigenvalue weighted by molar-refractivity contribution is 5.28. The number of rotatable bonds is 5. The lowest BCUT2D eigenvalue weighted by Gasteiger charge is -2.11.